The van der Waals surface area contributed by atoms with Crippen molar-refractivity contribution in [1.82, 2.24) is 0 Å². The van der Waals surface area contributed by atoms with Gasteiger partial charge in [0.2, 0.25) is 0 Å². The van der Waals surface area contributed by atoms with E-state index in [2.05, 4.69) is 0 Å². The van der Waals surface area contributed by atoms with Gasteiger partial charge in [0.15, 0.2) is 0 Å². The van der Waals surface area contributed by atoms with E-state index in [0.29, 0.717) is 6.61 Å². The standard InChI is InChI=1S/C17H26O6S/c1-5-22-17(18)16(13(2)3)15(23-24(4,19)20)12-21-11-14-9-7-6-8-10-14/h6-10,13,15-16H,5,11-12H2,1-4H3. The summed E-state index contributed by atoms with van der Waals surface area (Å²) in [6.07, 6.45) is 0.0301. The Bertz CT molecular complexity index is 597. The summed E-state index contributed by atoms with van der Waals surface area (Å²) in [5, 5.41) is 0. The van der Waals surface area contributed by atoms with E-state index < -0.39 is 28.1 Å². The summed E-state index contributed by atoms with van der Waals surface area (Å²) in [6, 6.07) is 9.47. The molecule has 0 aliphatic heterocycles. The van der Waals surface area contributed by atoms with Crippen molar-refractivity contribution in [3.05, 3.63) is 35.9 Å². The number of ether oxygens (including phenoxy) is 2. The fraction of sp³-hybridized carbons (Fsp3) is 0.588. The van der Waals surface area contributed by atoms with Crippen LogP contribution in [0, 0.1) is 11.8 Å². The summed E-state index contributed by atoms with van der Waals surface area (Å²) in [4.78, 5) is 12.2. The maximum absolute atomic E-state index is 12.2. The average molecular weight is 358 g/mol. The van der Waals surface area contributed by atoms with Crippen LogP contribution < -0.4 is 0 Å². The second-order valence-electron chi connectivity index (χ2n) is 5.86. The average Bonchev–Trinajstić information content (AvgIpc) is 2.46. The largest absolute Gasteiger partial charge is 0.466 e. The molecule has 0 N–H and O–H groups in total. The van der Waals surface area contributed by atoms with Crippen molar-refractivity contribution >= 4 is 16.1 Å². The van der Waals surface area contributed by atoms with Gasteiger partial charge in [-0.3, -0.25) is 8.98 Å². The van der Waals surface area contributed by atoms with Gasteiger partial charge in [-0.05, 0) is 18.4 Å². The maximum atomic E-state index is 12.2. The van der Waals surface area contributed by atoms with Crippen molar-refractivity contribution in [2.45, 2.75) is 33.5 Å². The van der Waals surface area contributed by atoms with Crippen molar-refractivity contribution < 1.29 is 26.9 Å². The lowest BCUT2D eigenvalue weighted by Gasteiger charge is -2.27. The predicted molar refractivity (Wildman–Crippen MR) is 90.8 cm³/mol. The molecule has 6 nitrogen and oxygen atoms in total. The molecular weight excluding hydrogens is 332 g/mol. The molecule has 24 heavy (non-hydrogen) atoms. The first kappa shape index (κ1) is 20.6. The van der Waals surface area contributed by atoms with Gasteiger partial charge < -0.3 is 9.47 Å². The van der Waals surface area contributed by atoms with Crippen LogP contribution in [0.15, 0.2) is 30.3 Å². The van der Waals surface area contributed by atoms with E-state index in [-0.39, 0.29) is 19.1 Å². The molecule has 2 atom stereocenters. The van der Waals surface area contributed by atoms with Crippen molar-refractivity contribution in [2.75, 3.05) is 19.5 Å². The molecule has 1 aromatic carbocycles. The van der Waals surface area contributed by atoms with Crippen molar-refractivity contribution in [2.24, 2.45) is 11.8 Å². The third kappa shape index (κ3) is 7.42. The lowest BCUT2D eigenvalue weighted by Crippen LogP contribution is -2.40. The van der Waals surface area contributed by atoms with Crippen LogP contribution in [-0.2, 0) is 35.2 Å². The Balaban J connectivity index is 2.82. The quantitative estimate of drug-likeness (QED) is 0.472. The molecular formula is C17H26O6S. The van der Waals surface area contributed by atoms with Gasteiger partial charge in [-0.2, -0.15) is 8.42 Å². The number of hydrogen-bond acceptors (Lipinski definition) is 6. The van der Waals surface area contributed by atoms with E-state index in [1.807, 2.05) is 44.2 Å². The van der Waals surface area contributed by atoms with E-state index in [9.17, 15) is 13.2 Å². The summed E-state index contributed by atoms with van der Waals surface area (Å²) in [7, 11) is -3.73. The van der Waals surface area contributed by atoms with Crippen LogP contribution in [0.5, 0.6) is 0 Å². The van der Waals surface area contributed by atoms with Gasteiger partial charge in [-0.1, -0.05) is 44.2 Å². The second kappa shape index (κ2) is 9.76. The number of carbonyl (C=O) groups is 1. The third-order valence-electron chi connectivity index (χ3n) is 3.37. The number of hydrogen-bond donors (Lipinski definition) is 0. The zero-order valence-corrected chi connectivity index (χ0v) is 15.4. The van der Waals surface area contributed by atoms with E-state index >= 15 is 0 Å². The highest BCUT2D eigenvalue weighted by Crippen LogP contribution is 2.22. The molecule has 0 heterocycles. The molecule has 0 aliphatic rings. The van der Waals surface area contributed by atoms with Crippen LogP contribution in [0.25, 0.3) is 0 Å². The lowest BCUT2D eigenvalue weighted by atomic mass is 9.90. The summed E-state index contributed by atoms with van der Waals surface area (Å²) in [6.45, 7) is 5.84. The van der Waals surface area contributed by atoms with Crippen LogP contribution in [0.4, 0.5) is 0 Å². The fourth-order valence-electron chi connectivity index (χ4n) is 2.37. The zero-order chi connectivity index (χ0) is 18.2. The molecule has 0 aromatic heterocycles. The monoisotopic (exact) mass is 358 g/mol. The van der Waals surface area contributed by atoms with Crippen LogP contribution in [-0.4, -0.2) is 40.0 Å². The van der Waals surface area contributed by atoms with Gasteiger partial charge in [-0.25, -0.2) is 0 Å². The van der Waals surface area contributed by atoms with E-state index in [0.717, 1.165) is 11.8 Å². The van der Waals surface area contributed by atoms with Gasteiger partial charge in [0.05, 0.1) is 32.0 Å². The zero-order valence-electron chi connectivity index (χ0n) is 14.6. The minimum atomic E-state index is -3.73. The van der Waals surface area contributed by atoms with Crippen molar-refractivity contribution in [3.63, 3.8) is 0 Å². The van der Waals surface area contributed by atoms with Crippen LogP contribution in [0.1, 0.15) is 26.3 Å². The SMILES string of the molecule is CCOC(=O)C(C(C)C)C(COCc1ccccc1)OS(C)(=O)=O. The Morgan fingerprint density at radius 1 is 1.17 bits per heavy atom. The molecule has 0 bridgehead atoms. The molecule has 0 amide bonds. The number of esters is 1. The Labute approximate surface area is 144 Å². The van der Waals surface area contributed by atoms with E-state index in [1.54, 1.807) is 6.92 Å². The van der Waals surface area contributed by atoms with Crippen LogP contribution in [0.2, 0.25) is 0 Å². The molecule has 0 radical (unpaired) electrons. The van der Waals surface area contributed by atoms with Crippen molar-refractivity contribution in [3.8, 4) is 0 Å². The number of carbonyl (C=O) groups excluding carboxylic acids is 1. The first-order valence-corrected chi connectivity index (χ1v) is 9.72. The van der Waals surface area contributed by atoms with Crippen molar-refractivity contribution in [1.29, 1.82) is 0 Å². The van der Waals surface area contributed by atoms with Crippen LogP contribution >= 0.6 is 0 Å². The highest BCUT2D eigenvalue weighted by Gasteiger charge is 2.35. The minimum absolute atomic E-state index is 0.0242. The Morgan fingerprint density at radius 2 is 1.79 bits per heavy atom. The Morgan fingerprint density at radius 3 is 2.29 bits per heavy atom. The first-order valence-electron chi connectivity index (χ1n) is 7.91. The maximum Gasteiger partial charge on any atom is 0.311 e. The highest BCUT2D eigenvalue weighted by molar-refractivity contribution is 7.86. The number of rotatable bonds is 10. The summed E-state index contributed by atoms with van der Waals surface area (Å²) < 4.78 is 38.9. The van der Waals surface area contributed by atoms with Gasteiger partial charge in [0.1, 0.15) is 6.10 Å². The minimum Gasteiger partial charge on any atom is -0.466 e. The lowest BCUT2D eigenvalue weighted by molar-refractivity contribution is -0.155. The molecule has 7 heteroatoms. The first-order chi connectivity index (χ1) is 11.2. The van der Waals surface area contributed by atoms with E-state index in [4.69, 9.17) is 13.7 Å². The molecule has 0 fully saturated rings. The highest BCUT2D eigenvalue weighted by atomic mass is 32.2. The molecule has 1 aromatic rings. The Kier molecular flexibility index (Phi) is 8.38. The molecule has 0 spiro atoms. The molecule has 0 saturated heterocycles. The second-order valence-corrected chi connectivity index (χ2v) is 7.46. The van der Waals surface area contributed by atoms with E-state index in [1.165, 1.54) is 0 Å². The summed E-state index contributed by atoms with van der Waals surface area (Å²) >= 11 is 0. The van der Waals surface area contributed by atoms with Gasteiger partial charge in [0, 0.05) is 0 Å². The Hall–Kier alpha value is -1.44. The summed E-state index contributed by atoms with van der Waals surface area (Å²) in [5.41, 5.74) is 0.952. The topological polar surface area (TPSA) is 78.9 Å². The van der Waals surface area contributed by atoms with Crippen LogP contribution in [0.3, 0.4) is 0 Å². The fourth-order valence-corrected chi connectivity index (χ4v) is 3.00. The normalized spacial score (nSPS) is 14.4. The molecule has 136 valence electrons. The number of benzene rings is 1. The molecule has 0 saturated carbocycles. The smallest absolute Gasteiger partial charge is 0.311 e. The van der Waals surface area contributed by atoms with Gasteiger partial charge in [0.25, 0.3) is 10.1 Å². The molecule has 1 rings (SSSR count). The predicted octanol–water partition coefficient (Wildman–Crippen LogP) is 2.38. The molecule has 0 aliphatic carbocycles. The summed E-state index contributed by atoms with van der Waals surface area (Å²) in [5.74, 6) is -1.36. The van der Waals surface area contributed by atoms with Gasteiger partial charge in [-0.15, -0.1) is 0 Å². The third-order valence-corrected chi connectivity index (χ3v) is 3.97. The molecule has 2 unspecified atom stereocenters. The van der Waals surface area contributed by atoms with Gasteiger partial charge >= 0.3 is 5.97 Å².